The topological polar surface area (TPSA) is 56.8 Å². The third kappa shape index (κ3) is 5.14. The van der Waals surface area contributed by atoms with E-state index in [9.17, 15) is 4.79 Å². The number of hydrogen-bond donors (Lipinski definition) is 1. The van der Waals surface area contributed by atoms with Crippen molar-refractivity contribution in [2.24, 2.45) is 0 Å². The van der Waals surface area contributed by atoms with E-state index in [-0.39, 0.29) is 18.6 Å². The molecule has 1 N–H and O–H groups in total. The van der Waals surface area contributed by atoms with Gasteiger partial charge < -0.3 is 19.5 Å². The summed E-state index contributed by atoms with van der Waals surface area (Å²) in [7, 11) is 3.19. The van der Waals surface area contributed by atoms with Crippen LogP contribution in [0.4, 0.5) is 0 Å². The molecule has 1 atom stereocenters. The monoisotopic (exact) mass is 343 g/mol. The second-order valence-corrected chi connectivity index (χ2v) is 5.74. The molecule has 2 aromatic rings. The van der Waals surface area contributed by atoms with Crippen LogP contribution in [0.1, 0.15) is 30.5 Å². The smallest absolute Gasteiger partial charge is 0.258 e. The molecular formula is C20H25NO4. The second-order valence-electron chi connectivity index (χ2n) is 5.74. The Morgan fingerprint density at radius 2 is 1.72 bits per heavy atom. The van der Waals surface area contributed by atoms with Crippen molar-refractivity contribution in [3.05, 3.63) is 53.6 Å². The molecule has 25 heavy (non-hydrogen) atoms. The molecule has 1 amide bonds. The summed E-state index contributed by atoms with van der Waals surface area (Å²) in [6, 6.07) is 13.1. The third-order valence-electron chi connectivity index (χ3n) is 3.94. The van der Waals surface area contributed by atoms with Crippen LogP contribution in [0.25, 0.3) is 0 Å². The van der Waals surface area contributed by atoms with Gasteiger partial charge in [0.25, 0.3) is 5.91 Å². The van der Waals surface area contributed by atoms with Crippen LogP contribution in [0.2, 0.25) is 0 Å². The summed E-state index contributed by atoms with van der Waals surface area (Å²) < 4.78 is 16.1. The van der Waals surface area contributed by atoms with E-state index in [0.717, 1.165) is 17.5 Å². The van der Waals surface area contributed by atoms with E-state index < -0.39 is 0 Å². The van der Waals surface area contributed by atoms with E-state index >= 15 is 0 Å². The van der Waals surface area contributed by atoms with Gasteiger partial charge in [-0.3, -0.25) is 4.79 Å². The Morgan fingerprint density at radius 1 is 1.04 bits per heavy atom. The zero-order valence-electron chi connectivity index (χ0n) is 15.2. The number of carbonyl (C=O) groups is 1. The number of amides is 1. The molecule has 0 radical (unpaired) electrons. The van der Waals surface area contributed by atoms with Gasteiger partial charge >= 0.3 is 0 Å². The summed E-state index contributed by atoms with van der Waals surface area (Å²) in [5, 5.41) is 2.99. The highest BCUT2D eigenvalue weighted by Crippen LogP contribution is 2.30. The number of nitrogens with one attached hydrogen (secondary N) is 1. The van der Waals surface area contributed by atoms with Gasteiger partial charge in [-0.2, -0.15) is 0 Å². The van der Waals surface area contributed by atoms with E-state index in [1.54, 1.807) is 14.2 Å². The Hall–Kier alpha value is -2.69. The fourth-order valence-corrected chi connectivity index (χ4v) is 2.51. The maximum Gasteiger partial charge on any atom is 0.258 e. The molecule has 0 aliphatic rings. The minimum atomic E-state index is -0.165. The predicted molar refractivity (Wildman–Crippen MR) is 97.4 cm³/mol. The standard InChI is InChI=1S/C20H25NO4/c1-5-17(15-8-11-18(23-3)19(12-15)24-4)21-20(22)13-25-16-9-6-14(2)7-10-16/h6-12,17H,5,13H2,1-4H3,(H,21,22)/t17-/m1/s1. The van der Waals surface area contributed by atoms with Crippen LogP contribution in [0, 0.1) is 6.92 Å². The van der Waals surface area contributed by atoms with Crippen molar-refractivity contribution in [3.63, 3.8) is 0 Å². The SMILES string of the molecule is CC[C@@H](NC(=O)COc1ccc(C)cc1)c1ccc(OC)c(OC)c1. The first-order valence-electron chi connectivity index (χ1n) is 8.28. The maximum absolute atomic E-state index is 12.2. The first kappa shape index (κ1) is 18.6. The van der Waals surface area contributed by atoms with Crippen LogP contribution >= 0.6 is 0 Å². The molecular weight excluding hydrogens is 318 g/mol. The summed E-state index contributed by atoms with van der Waals surface area (Å²) in [6.45, 7) is 4.00. The molecule has 0 aliphatic heterocycles. The zero-order valence-corrected chi connectivity index (χ0v) is 15.2. The first-order chi connectivity index (χ1) is 12.1. The summed E-state index contributed by atoms with van der Waals surface area (Å²) >= 11 is 0. The minimum Gasteiger partial charge on any atom is -0.493 e. The van der Waals surface area contributed by atoms with Crippen molar-refractivity contribution in [1.82, 2.24) is 5.32 Å². The Kier molecular flexibility index (Phi) is 6.69. The number of methoxy groups -OCH3 is 2. The number of hydrogen-bond acceptors (Lipinski definition) is 4. The molecule has 0 spiro atoms. The molecule has 2 rings (SSSR count). The summed E-state index contributed by atoms with van der Waals surface area (Å²) in [5.74, 6) is 1.82. The molecule has 0 fully saturated rings. The van der Waals surface area contributed by atoms with Crippen molar-refractivity contribution in [2.45, 2.75) is 26.3 Å². The van der Waals surface area contributed by atoms with Gasteiger partial charge in [-0.15, -0.1) is 0 Å². The van der Waals surface area contributed by atoms with E-state index in [1.807, 2.05) is 56.3 Å². The molecule has 2 aromatic carbocycles. The maximum atomic E-state index is 12.2. The van der Waals surface area contributed by atoms with Gasteiger partial charge in [-0.05, 0) is 43.2 Å². The van der Waals surface area contributed by atoms with Gasteiger partial charge in [0.05, 0.1) is 20.3 Å². The molecule has 0 aromatic heterocycles. The fraction of sp³-hybridized carbons (Fsp3) is 0.350. The molecule has 0 saturated carbocycles. The Balaban J connectivity index is 1.98. The van der Waals surface area contributed by atoms with E-state index in [2.05, 4.69) is 5.32 Å². The molecule has 0 saturated heterocycles. The van der Waals surface area contributed by atoms with Crippen molar-refractivity contribution >= 4 is 5.91 Å². The first-order valence-corrected chi connectivity index (χ1v) is 8.28. The van der Waals surface area contributed by atoms with Crippen molar-refractivity contribution < 1.29 is 19.0 Å². The van der Waals surface area contributed by atoms with Crippen LogP contribution in [0.15, 0.2) is 42.5 Å². The second kappa shape index (κ2) is 8.97. The molecule has 0 unspecified atom stereocenters. The molecule has 0 bridgehead atoms. The summed E-state index contributed by atoms with van der Waals surface area (Å²) in [5.41, 5.74) is 2.11. The van der Waals surface area contributed by atoms with Gasteiger partial charge in [-0.25, -0.2) is 0 Å². The third-order valence-corrected chi connectivity index (χ3v) is 3.94. The van der Waals surface area contributed by atoms with Gasteiger partial charge in [0.2, 0.25) is 0 Å². The average molecular weight is 343 g/mol. The number of rotatable bonds is 8. The van der Waals surface area contributed by atoms with Crippen LogP contribution in [-0.2, 0) is 4.79 Å². The lowest BCUT2D eigenvalue weighted by Crippen LogP contribution is -2.32. The minimum absolute atomic E-state index is 0.0210. The fourth-order valence-electron chi connectivity index (χ4n) is 2.51. The molecule has 5 nitrogen and oxygen atoms in total. The number of aryl methyl sites for hydroxylation is 1. The lowest BCUT2D eigenvalue weighted by Gasteiger charge is -2.19. The average Bonchev–Trinajstić information content (AvgIpc) is 2.65. The van der Waals surface area contributed by atoms with Crippen LogP contribution < -0.4 is 19.5 Å². The molecule has 0 aliphatic carbocycles. The Morgan fingerprint density at radius 3 is 2.32 bits per heavy atom. The van der Waals surface area contributed by atoms with E-state index in [0.29, 0.717) is 17.2 Å². The quantitative estimate of drug-likeness (QED) is 0.795. The van der Waals surface area contributed by atoms with Gasteiger partial charge in [0.1, 0.15) is 5.75 Å². The van der Waals surface area contributed by atoms with Gasteiger partial charge in [0.15, 0.2) is 18.1 Å². The lowest BCUT2D eigenvalue weighted by molar-refractivity contribution is -0.123. The van der Waals surface area contributed by atoms with Crippen LogP contribution in [-0.4, -0.2) is 26.7 Å². The summed E-state index contributed by atoms with van der Waals surface area (Å²) in [4.78, 5) is 12.2. The van der Waals surface area contributed by atoms with Gasteiger partial charge in [0, 0.05) is 0 Å². The van der Waals surface area contributed by atoms with Crippen molar-refractivity contribution in [2.75, 3.05) is 20.8 Å². The highest BCUT2D eigenvalue weighted by atomic mass is 16.5. The molecule has 134 valence electrons. The van der Waals surface area contributed by atoms with Crippen molar-refractivity contribution in [3.8, 4) is 17.2 Å². The number of carbonyl (C=O) groups excluding carboxylic acids is 1. The Bertz CT molecular complexity index is 697. The van der Waals surface area contributed by atoms with Crippen molar-refractivity contribution in [1.29, 1.82) is 0 Å². The van der Waals surface area contributed by atoms with E-state index in [1.165, 1.54) is 0 Å². The lowest BCUT2D eigenvalue weighted by atomic mass is 10.0. The number of benzene rings is 2. The van der Waals surface area contributed by atoms with Gasteiger partial charge in [-0.1, -0.05) is 30.7 Å². The highest BCUT2D eigenvalue weighted by molar-refractivity contribution is 5.78. The van der Waals surface area contributed by atoms with Crippen LogP contribution in [0.5, 0.6) is 17.2 Å². The Labute approximate surface area is 148 Å². The molecule has 0 heterocycles. The largest absolute Gasteiger partial charge is 0.493 e. The molecule has 5 heteroatoms. The predicted octanol–water partition coefficient (Wildman–Crippen LogP) is 3.66. The van der Waals surface area contributed by atoms with Crippen LogP contribution in [0.3, 0.4) is 0 Å². The normalized spacial score (nSPS) is 11.5. The number of ether oxygens (including phenoxy) is 3. The highest BCUT2D eigenvalue weighted by Gasteiger charge is 2.15. The van der Waals surface area contributed by atoms with E-state index in [4.69, 9.17) is 14.2 Å². The zero-order chi connectivity index (χ0) is 18.2. The summed E-state index contributed by atoms with van der Waals surface area (Å²) in [6.07, 6.45) is 0.756.